The average molecular weight is 1670 g/mol. The molecule has 0 fully saturated rings. The van der Waals surface area contributed by atoms with Gasteiger partial charge in [0, 0.05) is 63.6 Å². The SMILES string of the molecule is CC(C)(C)OC(=O)CC[C@H](N)C(=O)OC(C)(C)C.CC(C)(C)OC(=O)CC[C@H](NC(=O)n1ccnc1)C(=O)OC(C)(C)C.C[n+]1ccn(C(=O)N[C@@H](CCC(=O)OC(C)(C)C)C(=O)OC(C)(C)C)c1.Cl.O=C(O)CC[C@H](NC(=O)N[C@@H](CCCCN(Cc1ccccn1)Cc1ccccn1)C(=O)O)C(=O)O.O=S(=O)([O-])C(F)(F)F. The van der Waals surface area contributed by atoms with E-state index < -0.39 is 152 Å². The van der Waals surface area contributed by atoms with E-state index >= 15 is 0 Å². The van der Waals surface area contributed by atoms with Crippen molar-refractivity contribution in [1.82, 2.24) is 50.3 Å². The minimum absolute atomic E-state index is 0. The number of nitrogens with two attached hydrogens (primary N) is 1. The number of carbonyl (C=O) groups is 12. The molecule has 36 nitrogen and oxygen atoms in total. The number of rotatable bonds is 30. The number of esters is 6. The van der Waals surface area contributed by atoms with Gasteiger partial charge in [-0.1, -0.05) is 12.1 Å². The summed E-state index contributed by atoms with van der Waals surface area (Å²) >= 11 is 0. The van der Waals surface area contributed by atoms with Crippen molar-refractivity contribution in [2.75, 3.05) is 6.54 Å². The molecule has 0 aliphatic rings. The number of aryl methyl sites for hydroxylation is 1. The number of nitrogens with zero attached hydrogens (tertiary/aromatic N) is 7. The summed E-state index contributed by atoms with van der Waals surface area (Å²) in [6, 6.07) is 3.97. The number of pyridine rings is 2. The van der Waals surface area contributed by atoms with E-state index in [0.717, 1.165) is 11.4 Å². The van der Waals surface area contributed by atoms with E-state index in [-0.39, 0.29) is 69.7 Å². The lowest BCUT2D eigenvalue weighted by molar-refractivity contribution is -0.670. The molecule has 0 saturated heterocycles. The van der Waals surface area contributed by atoms with Crippen molar-refractivity contribution in [2.45, 2.75) is 278 Å². The van der Waals surface area contributed by atoms with E-state index in [4.69, 9.17) is 57.3 Å². The number of urea groups is 1. The molecule has 644 valence electrons. The molecule has 0 aromatic carbocycles. The Hall–Kier alpha value is -9.93. The van der Waals surface area contributed by atoms with E-state index in [9.17, 15) is 75.8 Å². The standard InChI is InChI=1S/C24H31N5O7.C18H29N3O5.C17H27N3O5.C13H25NO4.CHF3O3S.ClH/c30-21(31)11-10-20(23(34)35)28-24(36)27-19(22(32)33)9-3-6-14-29(15-17-7-1-4-12-25-17)16-18-8-2-5-13-26-18;1-17(2,3)25-14(22)9-8-13(15(23)26-18(4,5)6)19-16(24)21-11-10-20(7)12-21;1-16(2,3)24-13(21)8-7-12(14(22)25-17(4,5)6)19-15(23)20-10-9-18-11-20;1-12(2,3)17-10(15)8-7-9(14)11(16)18-13(4,5)6;2-1(3,4)8(5,6)7;/h1-2,4-5,7-8,12-13,19-20H,3,6,9-11,14-16H2,(H,30,31)(H,32,33)(H,34,35)(H2,27,28,36);10-13H,8-9H2,1-7H3;9-12H,7-8H2,1-6H3,(H,19,23);9H,7-8,14H2,1-6H3;(H,5,6,7);1H/t19-,20-;13-;12-;9-;;/m0000../s1. The molecule has 0 radical (unpaired) electrons. The predicted molar refractivity (Wildman–Crippen MR) is 405 cm³/mol. The maximum atomic E-state index is 12.4. The van der Waals surface area contributed by atoms with Gasteiger partial charge in [-0.2, -0.15) is 17.7 Å². The van der Waals surface area contributed by atoms with E-state index in [0.29, 0.717) is 32.5 Å². The molecule has 0 aliphatic heterocycles. The highest BCUT2D eigenvalue weighted by Gasteiger charge is 2.37. The Bertz CT molecular complexity index is 3760. The fourth-order valence-corrected chi connectivity index (χ4v) is 8.59. The number of halogens is 4. The number of ether oxygens (including phenoxy) is 6. The molecule has 4 aromatic heterocycles. The van der Waals surface area contributed by atoms with Gasteiger partial charge in [-0.3, -0.25) is 43.4 Å². The van der Waals surface area contributed by atoms with E-state index in [1.54, 1.807) is 167 Å². The van der Waals surface area contributed by atoms with Gasteiger partial charge in [0.05, 0.1) is 18.4 Å². The summed E-state index contributed by atoms with van der Waals surface area (Å²) in [5.74, 6) is -6.79. The van der Waals surface area contributed by atoms with Gasteiger partial charge in [0.15, 0.2) is 10.1 Å². The quantitative estimate of drug-likeness (QED) is 0.00613. The van der Waals surface area contributed by atoms with Crippen molar-refractivity contribution in [1.29, 1.82) is 0 Å². The first kappa shape index (κ1) is 106. The summed E-state index contributed by atoms with van der Waals surface area (Å²) in [4.78, 5) is 156. The first-order valence-corrected chi connectivity index (χ1v) is 37.0. The smallest absolute Gasteiger partial charge is 0.485 e. The molecular formula is C73H114ClF3N12O24S. The molecular weight excluding hydrogens is 1550 g/mol. The number of carboxylic acids is 3. The molecule has 0 unspecified atom stereocenters. The first-order valence-electron chi connectivity index (χ1n) is 35.6. The van der Waals surface area contributed by atoms with Gasteiger partial charge < -0.3 is 75.3 Å². The van der Waals surface area contributed by atoms with Crippen molar-refractivity contribution < 1.29 is 132 Å². The van der Waals surface area contributed by atoms with Crippen molar-refractivity contribution >= 4 is 94.3 Å². The van der Waals surface area contributed by atoms with Crippen LogP contribution in [0.1, 0.15) is 207 Å². The number of imidazole rings is 2. The summed E-state index contributed by atoms with van der Waals surface area (Å²) in [5, 5.41) is 36.9. The van der Waals surface area contributed by atoms with Gasteiger partial charge in [-0.05, 0) is 200 Å². The molecule has 0 aliphatic carbocycles. The van der Waals surface area contributed by atoms with E-state index in [1.165, 1.54) is 27.9 Å². The molecule has 4 heterocycles. The van der Waals surface area contributed by atoms with Crippen molar-refractivity contribution in [3.8, 4) is 0 Å². The van der Waals surface area contributed by atoms with Crippen LogP contribution in [-0.2, 0) is 102 Å². The Labute approximate surface area is 668 Å². The second kappa shape index (κ2) is 49.0. The van der Waals surface area contributed by atoms with Crippen LogP contribution < -0.4 is 31.6 Å². The Morgan fingerprint density at radius 1 is 0.518 bits per heavy atom. The number of hydrogen-bond donors (Lipinski definition) is 8. The molecule has 114 heavy (non-hydrogen) atoms. The van der Waals surface area contributed by atoms with Crippen molar-refractivity contribution in [3.63, 3.8) is 0 Å². The lowest BCUT2D eigenvalue weighted by atomic mass is 10.1. The van der Waals surface area contributed by atoms with Gasteiger partial charge in [0.1, 0.15) is 82.5 Å². The summed E-state index contributed by atoms with van der Waals surface area (Å²) < 4.78 is 94.5. The number of carboxylic acid groups (broad SMARTS) is 3. The Morgan fingerprint density at radius 2 is 0.886 bits per heavy atom. The zero-order valence-corrected chi connectivity index (χ0v) is 69.6. The third-order valence-electron chi connectivity index (χ3n) is 13.2. The third kappa shape index (κ3) is 53.1. The number of hydrogen-bond acceptors (Lipinski definition) is 26. The molecule has 0 spiro atoms. The zero-order chi connectivity index (χ0) is 87.3. The second-order valence-corrected chi connectivity index (χ2v) is 32.5. The van der Waals surface area contributed by atoms with Crippen molar-refractivity contribution in [2.24, 2.45) is 12.8 Å². The van der Waals surface area contributed by atoms with Crippen LogP contribution >= 0.6 is 12.4 Å². The molecule has 0 bridgehead atoms. The first-order chi connectivity index (χ1) is 51.5. The number of nitrogens with one attached hydrogen (secondary N) is 4. The van der Waals surface area contributed by atoms with E-state index in [1.807, 2.05) is 36.4 Å². The van der Waals surface area contributed by atoms with Gasteiger partial charge in [0.2, 0.25) is 0 Å². The topological polar surface area (TPSA) is 508 Å². The highest BCUT2D eigenvalue weighted by Crippen LogP contribution is 2.22. The summed E-state index contributed by atoms with van der Waals surface area (Å²) in [6.45, 7) is 33.5. The molecule has 4 rings (SSSR count). The second-order valence-electron chi connectivity index (χ2n) is 31.1. The van der Waals surface area contributed by atoms with Crippen LogP contribution in [0.4, 0.5) is 27.6 Å². The molecule has 9 N–H and O–H groups in total. The minimum atomic E-state index is -6.09. The number of aliphatic carboxylic acids is 3. The lowest BCUT2D eigenvalue weighted by Gasteiger charge is -2.25. The molecule has 4 aromatic rings. The van der Waals surface area contributed by atoms with Crippen LogP contribution in [0.15, 0.2) is 86.2 Å². The van der Waals surface area contributed by atoms with Gasteiger partial charge >= 0.3 is 77.3 Å². The third-order valence-corrected chi connectivity index (χ3v) is 13.8. The maximum absolute atomic E-state index is 12.4. The van der Waals surface area contributed by atoms with Crippen LogP contribution in [0, 0.1) is 0 Å². The zero-order valence-electron chi connectivity index (χ0n) is 67.9. The summed E-state index contributed by atoms with van der Waals surface area (Å²) in [6.07, 6.45) is 13.4. The van der Waals surface area contributed by atoms with Crippen LogP contribution in [0.5, 0.6) is 0 Å². The van der Waals surface area contributed by atoms with E-state index in [2.05, 4.69) is 41.1 Å². The molecule has 41 heteroatoms. The highest BCUT2D eigenvalue weighted by atomic mass is 35.5. The predicted octanol–water partition coefficient (Wildman–Crippen LogP) is 7.95. The van der Waals surface area contributed by atoms with Crippen molar-refractivity contribution in [3.05, 3.63) is 97.6 Å². The highest BCUT2D eigenvalue weighted by molar-refractivity contribution is 7.86. The molecule has 5 atom stereocenters. The largest absolute Gasteiger partial charge is 0.741 e. The van der Waals surface area contributed by atoms with Gasteiger partial charge in [-0.15, -0.1) is 12.4 Å². The fourth-order valence-electron chi connectivity index (χ4n) is 8.59. The molecule has 0 saturated carbocycles. The normalized spacial score (nSPS) is 13.0. The van der Waals surface area contributed by atoms with Crippen LogP contribution in [0.2, 0.25) is 0 Å². The number of amides is 4. The minimum Gasteiger partial charge on any atom is -0.741 e. The maximum Gasteiger partial charge on any atom is 0.485 e. The fraction of sp³-hybridized carbons (Fsp3) is 0.616. The summed E-state index contributed by atoms with van der Waals surface area (Å²) in [5.41, 5.74) is -1.92. The number of unbranched alkanes of at least 4 members (excludes halogenated alkanes) is 1. The Morgan fingerprint density at radius 3 is 1.21 bits per heavy atom. The average Bonchev–Trinajstić information content (AvgIpc) is 1.05. The number of alkyl halides is 3. The lowest BCUT2D eigenvalue weighted by Crippen LogP contribution is -2.51. The van der Waals surface area contributed by atoms with Gasteiger partial charge in [0.25, 0.3) is 6.33 Å². The monoisotopic (exact) mass is 1670 g/mol. The Balaban J connectivity index is 0. The number of carbonyl (C=O) groups excluding carboxylic acids is 9. The van der Waals surface area contributed by atoms with Crippen LogP contribution in [-0.4, -0.2) is 205 Å². The van der Waals surface area contributed by atoms with Crippen LogP contribution in [0.3, 0.4) is 0 Å². The van der Waals surface area contributed by atoms with Crippen LogP contribution in [0.25, 0.3) is 0 Å². The van der Waals surface area contributed by atoms with Gasteiger partial charge in [-0.25, -0.2) is 51.5 Å². The summed E-state index contributed by atoms with van der Waals surface area (Å²) in [7, 11) is -4.31. The Kier molecular flexibility index (Phi) is 45.6. The molecule has 4 amide bonds. The number of aromatic nitrogens is 6.